The minimum Gasteiger partial charge on any atom is -0.339 e. The lowest BCUT2D eigenvalue weighted by atomic mass is 10.2. The molecule has 0 amide bonds. The minimum absolute atomic E-state index is 0.293. The van der Waals surface area contributed by atoms with Gasteiger partial charge in [0, 0.05) is 5.69 Å². The van der Waals surface area contributed by atoms with Crippen LogP contribution in [0.5, 0.6) is 0 Å². The van der Waals surface area contributed by atoms with Crippen molar-refractivity contribution < 1.29 is 0 Å². The average molecular weight is 305 g/mol. The molecule has 3 rings (SSSR count). The molecular formula is C16H15N7. The molecule has 1 aromatic carbocycles. The van der Waals surface area contributed by atoms with Crippen LogP contribution in [-0.2, 0) is 6.54 Å². The second-order valence-electron chi connectivity index (χ2n) is 5.09. The fourth-order valence-corrected chi connectivity index (χ4v) is 2.23. The van der Waals surface area contributed by atoms with Gasteiger partial charge in [0.2, 0.25) is 0 Å². The highest BCUT2D eigenvalue weighted by atomic mass is 15.3. The maximum atomic E-state index is 8.73. The standard InChI is InChI=1S/C16H15N7/c1-11-20-12(2)23(22-11)10-13-4-3-5-14(6-13)21-16-9-18-15(7-17)8-19-16/h3-6,8-9H,10H2,1-2H3,(H,19,21). The smallest absolute Gasteiger partial charge is 0.158 e. The maximum absolute atomic E-state index is 8.73. The SMILES string of the molecule is Cc1nc(C)n(Cc2cccc(Nc3cnc(C#N)cn3)c2)n1. The molecule has 114 valence electrons. The van der Waals surface area contributed by atoms with E-state index in [2.05, 4.69) is 25.4 Å². The summed E-state index contributed by atoms with van der Waals surface area (Å²) >= 11 is 0. The van der Waals surface area contributed by atoms with E-state index >= 15 is 0 Å². The van der Waals surface area contributed by atoms with E-state index in [1.165, 1.54) is 12.4 Å². The fraction of sp³-hybridized carbons (Fsp3) is 0.188. The Bertz CT molecular complexity index is 859. The normalized spacial score (nSPS) is 10.3. The van der Waals surface area contributed by atoms with Gasteiger partial charge in [-0.25, -0.2) is 19.6 Å². The van der Waals surface area contributed by atoms with Crippen molar-refractivity contribution in [3.63, 3.8) is 0 Å². The Morgan fingerprint density at radius 2 is 2.09 bits per heavy atom. The van der Waals surface area contributed by atoms with Crippen LogP contribution in [0, 0.1) is 25.2 Å². The van der Waals surface area contributed by atoms with Crippen molar-refractivity contribution in [1.29, 1.82) is 5.26 Å². The van der Waals surface area contributed by atoms with Crippen molar-refractivity contribution in [1.82, 2.24) is 24.7 Å². The number of hydrogen-bond acceptors (Lipinski definition) is 6. The molecule has 7 heteroatoms. The number of nitrogens with one attached hydrogen (secondary N) is 1. The predicted molar refractivity (Wildman–Crippen MR) is 85.1 cm³/mol. The van der Waals surface area contributed by atoms with Crippen LogP contribution in [-0.4, -0.2) is 24.7 Å². The van der Waals surface area contributed by atoms with Gasteiger partial charge in [-0.2, -0.15) is 10.4 Å². The zero-order chi connectivity index (χ0) is 16.2. The monoisotopic (exact) mass is 305 g/mol. The fourth-order valence-electron chi connectivity index (χ4n) is 2.23. The molecule has 0 saturated heterocycles. The highest BCUT2D eigenvalue weighted by molar-refractivity contribution is 5.56. The third-order valence-electron chi connectivity index (χ3n) is 3.26. The molecule has 7 nitrogen and oxygen atoms in total. The van der Waals surface area contributed by atoms with E-state index in [1.807, 2.05) is 48.9 Å². The second kappa shape index (κ2) is 6.23. The second-order valence-corrected chi connectivity index (χ2v) is 5.09. The van der Waals surface area contributed by atoms with Gasteiger partial charge in [-0.05, 0) is 31.5 Å². The van der Waals surface area contributed by atoms with Crippen molar-refractivity contribution in [3.05, 3.63) is 59.6 Å². The molecule has 0 spiro atoms. The number of benzene rings is 1. The van der Waals surface area contributed by atoms with Crippen molar-refractivity contribution in [2.24, 2.45) is 0 Å². The van der Waals surface area contributed by atoms with Crippen LogP contribution >= 0.6 is 0 Å². The quantitative estimate of drug-likeness (QED) is 0.795. The first-order chi connectivity index (χ1) is 11.1. The van der Waals surface area contributed by atoms with Gasteiger partial charge in [0.15, 0.2) is 5.69 Å². The molecule has 0 bridgehead atoms. The van der Waals surface area contributed by atoms with Crippen LogP contribution in [0.4, 0.5) is 11.5 Å². The molecule has 0 aliphatic carbocycles. The molecule has 2 heterocycles. The van der Waals surface area contributed by atoms with Crippen LogP contribution in [0.15, 0.2) is 36.7 Å². The number of rotatable bonds is 4. The van der Waals surface area contributed by atoms with Gasteiger partial charge in [-0.1, -0.05) is 12.1 Å². The minimum atomic E-state index is 0.293. The molecule has 23 heavy (non-hydrogen) atoms. The highest BCUT2D eigenvalue weighted by Gasteiger charge is 2.04. The zero-order valence-corrected chi connectivity index (χ0v) is 12.9. The summed E-state index contributed by atoms with van der Waals surface area (Å²) in [4.78, 5) is 12.4. The average Bonchev–Trinajstić information content (AvgIpc) is 2.86. The van der Waals surface area contributed by atoms with Gasteiger partial charge in [-0.3, -0.25) is 0 Å². The number of nitriles is 1. The lowest BCUT2D eigenvalue weighted by Crippen LogP contribution is -2.04. The number of aromatic nitrogens is 5. The molecule has 0 radical (unpaired) electrons. The van der Waals surface area contributed by atoms with Gasteiger partial charge >= 0.3 is 0 Å². The number of anilines is 2. The van der Waals surface area contributed by atoms with Crippen LogP contribution in [0.2, 0.25) is 0 Å². The topological polar surface area (TPSA) is 92.3 Å². The highest BCUT2D eigenvalue weighted by Crippen LogP contribution is 2.16. The van der Waals surface area contributed by atoms with E-state index < -0.39 is 0 Å². The van der Waals surface area contributed by atoms with Crippen LogP contribution < -0.4 is 5.32 Å². The Morgan fingerprint density at radius 3 is 2.74 bits per heavy atom. The van der Waals surface area contributed by atoms with E-state index in [4.69, 9.17) is 5.26 Å². The largest absolute Gasteiger partial charge is 0.339 e. The third-order valence-corrected chi connectivity index (χ3v) is 3.26. The number of hydrogen-bond donors (Lipinski definition) is 1. The van der Waals surface area contributed by atoms with E-state index in [0.717, 1.165) is 22.9 Å². The molecule has 3 aromatic rings. The van der Waals surface area contributed by atoms with Gasteiger partial charge < -0.3 is 5.32 Å². The van der Waals surface area contributed by atoms with E-state index in [9.17, 15) is 0 Å². The van der Waals surface area contributed by atoms with Gasteiger partial charge in [0.1, 0.15) is 23.5 Å². The first-order valence-corrected chi connectivity index (χ1v) is 7.10. The van der Waals surface area contributed by atoms with Crippen LogP contribution in [0.25, 0.3) is 0 Å². The molecule has 0 atom stereocenters. The van der Waals surface area contributed by atoms with Crippen molar-refractivity contribution in [2.75, 3.05) is 5.32 Å². The summed E-state index contributed by atoms with van der Waals surface area (Å²) in [5, 5.41) is 16.3. The summed E-state index contributed by atoms with van der Waals surface area (Å²) in [6.45, 7) is 4.47. The first kappa shape index (κ1) is 14.7. The Morgan fingerprint density at radius 1 is 1.22 bits per heavy atom. The Balaban J connectivity index is 1.76. The van der Waals surface area contributed by atoms with Crippen LogP contribution in [0.1, 0.15) is 22.9 Å². The molecule has 0 unspecified atom stereocenters. The Labute approximate surface area is 133 Å². The summed E-state index contributed by atoms with van der Waals surface area (Å²) in [5.74, 6) is 2.25. The summed E-state index contributed by atoms with van der Waals surface area (Å²) in [6.07, 6.45) is 2.98. The van der Waals surface area contributed by atoms with Gasteiger partial charge in [0.25, 0.3) is 0 Å². The summed E-state index contributed by atoms with van der Waals surface area (Å²) < 4.78 is 1.87. The molecule has 0 fully saturated rings. The molecule has 0 aliphatic rings. The number of nitrogens with zero attached hydrogens (tertiary/aromatic N) is 6. The van der Waals surface area contributed by atoms with Crippen LogP contribution in [0.3, 0.4) is 0 Å². The Kier molecular flexibility index (Phi) is 3.97. The number of aryl methyl sites for hydroxylation is 2. The Hall–Kier alpha value is -3.27. The van der Waals surface area contributed by atoms with E-state index in [-0.39, 0.29) is 0 Å². The maximum Gasteiger partial charge on any atom is 0.158 e. The summed E-state index contributed by atoms with van der Waals surface area (Å²) in [5.41, 5.74) is 2.29. The summed E-state index contributed by atoms with van der Waals surface area (Å²) in [7, 11) is 0. The molecule has 1 N–H and O–H groups in total. The molecule has 0 saturated carbocycles. The van der Waals surface area contributed by atoms with Gasteiger partial charge in [0.05, 0.1) is 18.9 Å². The lowest BCUT2D eigenvalue weighted by molar-refractivity contribution is 0.656. The summed E-state index contributed by atoms with van der Waals surface area (Å²) in [6, 6.07) is 9.92. The van der Waals surface area contributed by atoms with E-state index in [0.29, 0.717) is 18.1 Å². The molecular weight excluding hydrogens is 290 g/mol. The molecule has 2 aromatic heterocycles. The van der Waals surface area contributed by atoms with Crippen molar-refractivity contribution in [2.45, 2.75) is 20.4 Å². The van der Waals surface area contributed by atoms with E-state index in [1.54, 1.807) is 0 Å². The zero-order valence-electron chi connectivity index (χ0n) is 12.9. The lowest BCUT2D eigenvalue weighted by Gasteiger charge is -2.08. The predicted octanol–water partition coefficient (Wildman–Crippen LogP) is 2.35. The van der Waals surface area contributed by atoms with Crippen molar-refractivity contribution in [3.8, 4) is 6.07 Å². The third kappa shape index (κ3) is 3.49. The van der Waals surface area contributed by atoms with Gasteiger partial charge in [-0.15, -0.1) is 0 Å². The first-order valence-electron chi connectivity index (χ1n) is 7.10. The molecule has 0 aliphatic heterocycles. The van der Waals surface area contributed by atoms with Crippen molar-refractivity contribution >= 4 is 11.5 Å².